The number of amides is 1. The topological polar surface area (TPSA) is 60.5 Å². The van der Waals surface area contributed by atoms with Gasteiger partial charge < -0.3 is 9.47 Å². The molecule has 29 heavy (non-hydrogen) atoms. The molecule has 3 rings (SSSR count). The lowest BCUT2D eigenvalue weighted by atomic mass is 10.2. The third-order valence-corrected chi connectivity index (χ3v) is 5.16. The molecule has 150 valence electrons. The second-order valence-electron chi connectivity index (χ2n) is 5.94. The molecule has 7 heteroatoms. The Morgan fingerprint density at radius 1 is 1.10 bits per heavy atom. The molecule has 1 N–H and O–H groups in total. The van der Waals surface area contributed by atoms with Crippen LogP contribution in [0.4, 0.5) is 5.13 Å². The van der Waals surface area contributed by atoms with Gasteiger partial charge in [0.15, 0.2) is 16.6 Å². The maximum absolute atomic E-state index is 12.3. The van der Waals surface area contributed by atoms with Gasteiger partial charge in [-0.05, 0) is 49.8 Å². The number of nitrogens with zero attached hydrogens (tertiary/aromatic N) is 1. The van der Waals surface area contributed by atoms with Crippen LogP contribution < -0.4 is 14.8 Å². The number of carbonyl (C=O) groups is 1. The van der Waals surface area contributed by atoms with Crippen molar-refractivity contribution in [3.8, 4) is 22.8 Å². The van der Waals surface area contributed by atoms with Crippen molar-refractivity contribution >= 4 is 44.4 Å². The Labute approximate surface area is 182 Å². The van der Waals surface area contributed by atoms with Gasteiger partial charge in [-0.25, -0.2) is 4.98 Å². The van der Waals surface area contributed by atoms with Crippen LogP contribution in [0.25, 0.3) is 17.3 Å². The number of hydrogen-bond donors (Lipinski definition) is 1. The fraction of sp³-hybridized carbons (Fsp3) is 0.182. The zero-order chi connectivity index (χ0) is 20.6. The van der Waals surface area contributed by atoms with E-state index in [1.54, 1.807) is 6.08 Å². The molecule has 0 saturated carbocycles. The summed E-state index contributed by atoms with van der Waals surface area (Å²) < 4.78 is 12.2. The van der Waals surface area contributed by atoms with Crippen LogP contribution in [0.5, 0.6) is 11.5 Å². The highest BCUT2D eigenvalue weighted by molar-refractivity contribution is 9.10. The van der Waals surface area contributed by atoms with Gasteiger partial charge in [-0.2, -0.15) is 0 Å². The van der Waals surface area contributed by atoms with Crippen LogP contribution in [-0.4, -0.2) is 24.1 Å². The number of halogens is 1. The van der Waals surface area contributed by atoms with E-state index in [-0.39, 0.29) is 5.91 Å². The zero-order valence-corrected chi connectivity index (χ0v) is 18.5. The van der Waals surface area contributed by atoms with Crippen molar-refractivity contribution in [1.82, 2.24) is 4.98 Å². The molecule has 0 saturated heterocycles. The van der Waals surface area contributed by atoms with Gasteiger partial charge in [0.1, 0.15) is 0 Å². The molecule has 0 radical (unpaired) electrons. The van der Waals surface area contributed by atoms with Crippen molar-refractivity contribution in [2.75, 3.05) is 18.5 Å². The van der Waals surface area contributed by atoms with Crippen LogP contribution in [-0.2, 0) is 4.79 Å². The Morgan fingerprint density at radius 3 is 2.55 bits per heavy atom. The van der Waals surface area contributed by atoms with Gasteiger partial charge in [-0.1, -0.05) is 34.1 Å². The van der Waals surface area contributed by atoms with E-state index in [9.17, 15) is 4.79 Å². The van der Waals surface area contributed by atoms with Crippen molar-refractivity contribution in [3.05, 3.63) is 64.0 Å². The molecule has 0 aliphatic heterocycles. The van der Waals surface area contributed by atoms with Gasteiger partial charge in [0.25, 0.3) is 0 Å². The third kappa shape index (κ3) is 5.92. The maximum Gasteiger partial charge on any atom is 0.250 e. The van der Waals surface area contributed by atoms with Crippen LogP contribution in [0.2, 0.25) is 0 Å². The fourth-order valence-electron chi connectivity index (χ4n) is 2.57. The Balaban J connectivity index is 1.65. The number of hydrogen-bond acceptors (Lipinski definition) is 5. The minimum absolute atomic E-state index is 0.242. The number of benzene rings is 2. The SMILES string of the molecule is CCOc1ccc(/C=C/C(=O)Nc2nc(-c3ccc(Br)cc3)cs2)cc1OCC. The predicted octanol–water partition coefficient (Wildman–Crippen LogP) is 6.02. The molecule has 3 aromatic rings. The van der Waals surface area contributed by atoms with E-state index >= 15 is 0 Å². The molecule has 1 aromatic heterocycles. The molecule has 0 fully saturated rings. The van der Waals surface area contributed by atoms with E-state index in [4.69, 9.17) is 9.47 Å². The van der Waals surface area contributed by atoms with E-state index in [1.165, 1.54) is 17.4 Å². The summed E-state index contributed by atoms with van der Waals surface area (Å²) in [7, 11) is 0. The largest absolute Gasteiger partial charge is 0.490 e. The summed E-state index contributed by atoms with van der Waals surface area (Å²) in [4.78, 5) is 16.7. The first-order valence-corrected chi connectivity index (χ1v) is 10.9. The summed E-state index contributed by atoms with van der Waals surface area (Å²) in [5.74, 6) is 1.11. The van der Waals surface area contributed by atoms with Gasteiger partial charge in [0, 0.05) is 21.5 Å². The highest BCUT2D eigenvalue weighted by Gasteiger charge is 2.08. The van der Waals surface area contributed by atoms with Crippen LogP contribution in [0.15, 0.2) is 58.4 Å². The molecular formula is C22H21BrN2O3S. The minimum atomic E-state index is -0.242. The lowest BCUT2D eigenvalue weighted by molar-refractivity contribution is -0.111. The Morgan fingerprint density at radius 2 is 1.83 bits per heavy atom. The number of anilines is 1. The molecule has 2 aromatic carbocycles. The molecule has 0 bridgehead atoms. The van der Waals surface area contributed by atoms with Gasteiger partial charge in [-0.15, -0.1) is 11.3 Å². The van der Waals surface area contributed by atoms with Gasteiger partial charge in [0.2, 0.25) is 5.91 Å². The monoisotopic (exact) mass is 472 g/mol. The van der Waals surface area contributed by atoms with Crippen LogP contribution in [0.3, 0.4) is 0 Å². The summed E-state index contributed by atoms with van der Waals surface area (Å²) in [6, 6.07) is 13.5. The summed E-state index contributed by atoms with van der Waals surface area (Å²) >= 11 is 4.81. The maximum atomic E-state index is 12.3. The fourth-order valence-corrected chi connectivity index (χ4v) is 3.56. The van der Waals surface area contributed by atoms with Crippen LogP contribution in [0, 0.1) is 0 Å². The number of nitrogens with one attached hydrogen (secondary N) is 1. The smallest absolute Gasteiger partial charge is 0.250 e. The van der Waals surface area contributed by atoms with Crippen molar-refractivity contribution in [2.45, 2.75) is 13.8 Å². The first kappa shape index (κ1) is 21.1. The summed E-state index contributed by atoms with van der Waals surface area (Å²) in [5.41, 5.74) is 2.68. The van der Waals surface area contributed by atoms with E-state index in [1.807, 2.05) is 61.7 Å². The van der Waals surface area contributed by atoms with Crippen molar-refractivity contribution < 1.29 is 14.3 Å². The molecule has 1 heterocycles. The van der Waals surface area contributed by atoms with Crippen LogP contribution >= 0.6 is 27.3 Å². The highest BCUT2D eigenvalue weighted by atomic mass is 79.9. The quantitative estimate of drug-likeness (QED) is 0.407. The van der Waals surface area contributed by atoms with Crippen molar-refractivity contribution in [3.63, 3.8) is 0 Å². The minimum Gasteiger partial charge on any atom is -0.490 e. The van der Waals surface area contributed by atoms with E-state index in [2.05, 4.69) is 26.2 Å². The Hall–Kier alpha value is -2.64. The molecule has 0 unspecified atom stereocenters. The second-order valence-corrected chi connectivity index (χ2v) is 7.71. The van der Waals surface area contributed by atoms with Gasteiger partial charge in [-0.3, -0.25) is 10.1 Å². The van der Waals surface area contributed by atoms with Gasteiger partial charge in [0.05, 0.1) is 18.9 Å². The summed E-state index contributed by atoms with van der Waals surface area (Å²) in [5, 5.41) is 5.28. The first-order valence-electron chi connectivity index (χ1n) is 9.19. The summed E-state index contributed by atoms with van der Waals surface area (Å²) in [6.07, 6.45) is 3.21. The van der Waals surface area contributed by atoms with Crippen molar-refractivity contribution in [2.24, 2.45) is 0 Å². The average Bonchev–Trinajstić information content (AvgIpc) is 3.17. The third-order valence-electron chi connectivity index (χ3n) is 3.87. The molecule has 0 aliphatic rings. The number of rotatable bonds is 8. The standard InChI is InChI=1S/C22H21BrN2O3S/c1-3-27-19-11-5-15(13-20(19)28-4-2)6-12-21(26)25-22-24-18(14-29-22)16-7-9-17(23)10-8-16/h5-14H,3-4H2,1-2H3,(H,24,25,26)/b12-6+. The Bertz CT molecular complexity index is 1000. The summed E-state index contributed by atoms with van der Waals surface area (Å²) in [6.45, 7) is 4.95. The molecule has 5 nitrogen and oxygen atoms in total. The second kappa shape index (κ2) is 10.2. The molecule has 0 aliphatic carbocycles. The first-order chi connectivity index (χ1) is 14.1. The Kier molecular flexibility index (Phi) is 7.43. The van der Waals surface area contributed by atoms with E-state index in [0.29, 0.717) is 29.8 Å². The lowest BCUT2D eigenvalue weighted by Gasteiger charge is -2.11. The molecule has 0 atom stereocenters. The van der Waals surface area contributed by atoms with Crippen LogP contribution in [0.1, 0.15) is 19.4 Å². The highest BCUT2D eigenvalue weighted by Crippen LogP contribution is 2.29. The number of thiazole rings is 1. The number of carbonyl (C=O) groups excluding carboxylic acids is 1. The predicted molar refractivity (Wildman–Crippen MR) is 122 cm³/mol. The molecular weight excluding hydrogens is 452 g/mol. The number of aromatic nitrogens is 1. The molecule has 1 amide bonds. The van der Waals surface area contributed by atoms with Crippen molar-refractivity contribution in [1.29, 1.82) is 0 Å². The lowest BCUT2D eigenvalue weighted by Crippen LogP contribution is -2.07. The van der Waals surface area contributed by atoms with E-state index < -0.39 is 0 Å². The van der Waals surface area contributed by atoms with E-state index in [0.717, 1.165) is 21.3 Å². The zero-order valence-electron chi connectivity index (χ0n) is 16.1. The average molecular weight is 473 g/mol. The number of ether oxygens (including phenoxy) is 2. The normalized spacial score (nSPS) is 10.9. The molecule has 0 spiro atoms. The van der Waals surface area contributed by atoms with Gasteiger partial charge >= 0.3 is 0 Å².